The number of benzene rings is 2. The van der Waals surface area contributed by atoms with Gasteiger partial charge in [0.2, 0.25) is 0 Å². The zero-order chi connectivity index (χ0) is 24.4. The van der Waals surface area contributed by atoms with Gasteiger partial charge in [-0.25, -0.2) is 4.98 Å². The highest BCUT2D eigenvalue weighted by molar-refractivity contribution is 6.50. The number of nitrogens with one attached hydrogen (secondary N) is 1. The summed E-state index contributed by atoms with van der Waals surface area (Å²) in [6.45, 7) is 0. The van der Waals surface area contributed by atoms with E-state index >= 15 is 0 Å². The molecule has 2 aromatic carbocycles. The van der Waals surface area contributed by atoms with Gasteiger partial charge in [-0.05, 0) is 18.2 Å². The molecular formula is C27H23N5O3. The fourth-order valence-electron chi connectivity index (χ4n) is 5.04. The molecule has 0 unspecified atom stereocenters. The van der Waals surface area contributed by atoms with Crippen LogP contribution in [0.15, 0.2) is 61.3 Å². The van der Waals surface area contributed by atoms with E-state index in [1.807, 2.05) is 83.8 Å². The van der Waals surface area contributed by atoms with E-state index in [-0.39, 0.29) is 0 Å². The van der Waals surface area contributed by atoms with E-state index in [1.165, 1.54) is 0 Å². The Hall–Kier alpha value is -4.59. The molecule has 8 heteroatoms. The highest BCUT2D eigenvalue weighted by Crippen LogP contribution is 2.39. The summed E-state index contributed by atoms with van der Waals surface area (Å²) in [7, 11) is 7.43. The predicted molar refractivity (Wildman–Crippen MR) is 135 cm³/mol. The summed E-state index contributed by atoms with van der Waals surface area (Å²) in [4.78, 5) is 30.4. The number of ether oxygens (including phenoxy) is 1. The maximum absolute atomic E-state index is 13.1. The minimum absolute atomic E-state index is 0.383. The summed E-state index contributed by atoms with van der Waals surface area (Å²) in [5.41, 5.74) is 6.10. The lowest BCUT2D eigenvalue weighted by Crippen LogP contribution is -2.22. The molecule has 1 N–H and O–H groups in total. The Kier molecular flexibility index (Phi) is 4.47. The number of rotatable bonds is 4. The van der Waals surface area contributed by atoms with E-state index < -0.39 is 11.8 Å². The normalized spacial score (nSPS) is 13.9. The van der Waals surface area contributed by atoms with Crippen molar-refractivity contribution in [1.82, 2.24) is 24.0 Å². The summed E-state index contributed by atoms with van der Waals surface area (Å²) < 4.78 is 11.3. The zero-order valence-corrected chi connectivity index (χ0v) is 19.8. The smallest absolute Gasteiger partial charge is 0.259 e. The number of imidazole rings is 1. The lowest BCUT2D eigenvalue weighted by molar-refractivity contribution is -0.122. The Morgan fingerprint density at radius 1 is 0.800 bits per heavy atom. The van der Waals surface area contributed by atoms with E-state index in [0.717, 1.165) is 44.4 Å². The molecule has 0 fully saturated rings. The van der Waals surface area contributed by atoms with Crippen LogP contribution in [-0.2, 0) is 30.7 Å². The maximum atomic E-state index is 13.1. The average Bonchev–Trinajstić information content (AvgIpc) is 3.58. The van der Waals surface area contributed by atoms with Crippen molar-refractivity contribution in [1.29, 1.82) is 0 Å². The summed E-state index contributed by atoms with van der Waals surface area (Å²) in [6.07, 6.45) is 7.40. The van der Waals surface area contributed by atoms with E-state index in [4.69, 9.17) is 4.74 Å². The highest BCUT2D eigenvalue weighted by atomic mass is 16.5. The van der Waals surface area contributed by atoms with Gasteiger partial charge < -0.3 is 18.4 Å². The Morgan fingerprint density at radius 3 is 1.97 bits per heavy atom. The zero-order valence-electron chi connectivity index (χ0n) is 19.8. The van der Waals surface area contributed by atoms with Crippen molar-refractivity contribution in [2.24, 2.45) is 21.1 Å². The fourth-order valence-corrected chi connectivity index (χ4v) is 5.04. The van der Waals surface area contributed by atoms with Crippen LogP contribution in [0.25, 0.3) is 44.2 Å². The van der Waals surface area contributed by atoms with Crippen LogP contribution in [0.1, 0.15) is 11.1 Å². The standard InChI is InChI=1S/C27H23N5O3/c1-30-12-19(17-7-5-15(9-21(17)30)23-11-28-14-32(23)3)24-25(27(34)29-26(24)33)20-13-31(2)22-10-16(35-4)6-8-18(20)22/h5-14H,1-4H3,(H,29,33,34). The molecule has 6 rings (SSSR count). The van der Waals surface area contributed by atoms with Gasteiger partial charge in [-0.15, -0.1) is 0 Å². The van der Waals surface area contributed by atoms with Crippen LogP contribution < -0.4 is 10.1 Å². The lowest BCUT2D eigenvalue weighted by Gasteiger charge is -2.05. The minimum Gasteiger partial charge on any atom is -0.497 e. The van der Waals surface area contributed by atoms with Crippen molar-refractivity contribution in [3.8, 4) is 17.0 Å². The van der Waals surface area contributed by atoms with Crippen LogP contribution in [0.2, 0.25) is 0 Å². The van der Waals surface area contributed by atoms with Crippen molar-refractivity contribution >= 4 is 44.8 Å². The second kappa shape index (κ2) is 7.46. The monoisotopic (exact) mass is 465 g/mol. The van der Waals surface area contributed by atoms with Gasteiger partial charge in [-0.3, -0.25) is 14.9 Å². The quantitative estimate of drug-likeness (QED) is 0.411. The van der Waals surface area contributed by atoms with E-state index in [2.05, 4.69) is 16.4 Å². The first-order valence-corrected chi connectivity index (χ1v) is 11.2. The van der Waals surface area contributed by atoms with Gasteiger partial charge in [0.05, 0.1) is 42.0 Å². The van der Waals surface area contributed by atoms with E-state index in [0.29, 0.717) is 16.7 Å². The first-order valence-electron chi connectivity index (χ1n) is 11.2. The van der Waals surface area contributed by atoms with Crippen LogP contribution in [0.3, 0.4) is 0 Å². The number of carbonyl (C=O) groups excluding carboxylic acids is 2. The summed E-state index contributed by atoms with van der Waals surface area (Å²) in [5, 5.41) is 4.30. The minimum atomic E-state index is -0.392. The molecule has 0 saturated heterocycles. The van der Waals surface area contributed by atoms with Crippen molar-refractivity contribution in [2.45, 2.75) is 0 Å². The number of aryl methyl sites for hydroxylation is 3. The summed E-state index contributed by atoms with van der Waals surface area (Å²) in [5.74, 6) is -0.0553. The fraction of sp³-hybridized carbons (Fsp3) is 0.148. The highest BCUT2D eigenvalue weighted by Gasteiger charge is 2.35. The number of fused-ring (bicyclic) bond motifs is 2. The number of hydrogen-bond donors (Lipinski definition) is 1. The molecule has 2 amide bonds. The van der Waals surface area contributed by atoms with Crippen LogP contribution in [-0.4, -0.2) is 37.6 Å². The van der Waals surface area contributed by atoms with E-state index in [9.17, 15) is 9.59 Å². The average molecular weight is 466 g/mol. The SMILES string of the molecule is COc1ccc2c(C3=C(c4cn(C)c5cc(-c6cncn6C)ccc45)C(=O)NC3=O)cn(C)c2c1. The number of carbonyl (C=O) groups is 2. The Labute approximate surface area is 201 Å². The molecule has 1 aliphatic heterocycles. The van der Waals surface area contributed by atoms with Crippen molar-refractivity contribution in [3.05, 3.63) is 72.4 Å². The molecule has 8 nitrogen and oxygen atoms in total. The summed E-state index contributed by atoms with van der Waals surface area (Å²) >= 11 is 0. The first kappa shape index (κ1) is 21.0. The Balaban J connectivity index is 1.59. The Morgan fingerprint density at radius 2 is 1.40 bits per heavy atom. The molecule has 0 saturated carbocycles. The third-order valence-electron chi connectivity index (χ3n) is 6.77. The number of nitrogens with zero attached hydrogens (tertiary/aromatic N) is 4. The first-order chi connectivity index (χ1) is 16.9. The van der Waals surface area contributed by atoms with Gasteiger partial charge in [0.15, 0.2) is 0 Å². The van der Waals surface area contributed by atoms with Gasteiger partial charge >= 0.3 is 0 Å². The largest absolute Gasteiger partial charge is 0.497 e. The molecular weight excluding hydrogens is 442 g/mol. The lowest BCUT2D eigenvalue weighted by atomic mass is 9.95. The van der Waals surface area contributed by atoms with Crippen molar-refractivity contribution in [2.75, 3.05) is 7.11 Å². The van der Waals surface area contributed by atoms with Gasteiger partial charge in [0, 0.05) is 72.6 Å². The number of hydrogen-bond acceptors (Lipinski definition) is 4. The number of methoxy groups -OCH3 is 1. The molecule has 174 valence electrons. The van der Waals surface area contributed by atoms with E-state index in [1.54, 1.807) is 13.4 Å². The second-order valence-corrected chi connectivity index (χ2v) is 8.85. The number of amides is 2. The molecule has 0 aliphatic carbocycles. The van der Waals surface area contributed by atoms with Gasteiger partial charge in [-0.2, -0.15) is 0 Å². The molecule has 1 aliphatic rings. The van der Waals surface area contributed by atoms with Crippen LogP contribution in [0, 0.1) is 0 Å². The molecule has 3 aromatic heterocycles. The molecule has 4 heterocycles. The van der Waals surface area contributed by atoms with Gasteiger partial charge in [0.1, 0.15) is 5.75 Å². The van der Waals surface area contributed by atoms with Crippen LogP contribution in [0.4, 0.5) is 0 Å². The number of imide groups is 1. The van der Waals surface area contributed by atoms with Crippen molar-refractivity contribution < 1.29 is 14.3 Å². The van der Waals surface area contributed by atoms with Crippen LogP contribution >= 0.6 is 0 Å². The van der Waals surface area contributed by atoms with Gasteiger partial charge in [-0.1, -0.05) is 12.1 Å². The molecule has 0 radical (unpaired) electrons. The molecule has 0 bridgehead atoms. The number of aromatic nitrogens is 4. The third-order valence-corrected chi connectivity index (χ3v) is 6.77. The molecule has 0 atom stereocenters. The third kappa shape index (κ3) is 3.03. The predicted octanol–water partition coefficient (Wildman–Crippen LogP) is 3.65. The van der Waals surface area contributed by atoms with Crippen molar-refractivity contribution in [3.63, 3.8) is 0 Å². The molecule has 0 spiro atoms. The van der Waals surface area contributed by atoms with Gasteiger partial charge in [0.25, 0.3) is 11.8 Å². The molecule has 35 heavy (non-hydrogen) atoms. The summed E-state index contributed by atoms with van der Waals surface area (Å²) in [6, 6.07) is 11.8. The topological polar surface area (TPSA) is 83.1 Å². The Bertz CT molecular complexity index is 1730. The second-order valence-electron chi connectivity index (χ2n) is 8.85. The van der Waals surface area contributed by atoms with Crippen LogP contribution in [0.5, 0.6) is 5.75 Å². The molecule has 5 aromatic rings. The maximum Gasteiger partial charge on any atom is 0.259 e.